The molecular formula is C24H24N4O2. The summed E-state index contributed by atoms with van der Waals surface area (Å²) in [5, 5.41) is 4.01. The summed E-state index contributed by atoms with van der Waals surface area (Å²) in [6, 6.07) is 17.5. The summed E-state index contributed by atoms with van der Waals surface area (Å²) < 4.78 is 0. The molecule has 2 aromatic carbocycles. The molecule has 2 amide bonds. The van der Waals surface area contributed by atoms with E-state index in [0.717, 1.165) is 53.8 Å². The number of nitrogens with two attached hydrogens (primary N) is 1. The fraction of sp³-hybridized carbons (Fsp3) is 0.208. The zero-order valence-electron chi connectivity index (χ0n) is 16.6. The first kappa shape index (κ1) is 19.6. The lowest BCUT2D eigenvalue weighted by Gasteiger charge is -2.33. The molecule has 1 fully saturated rings. The number of pyridine rings is 1. The molecule has 1 saturated heterocycles. The first-order valence-electron chi connectivity index (χ1n) is 10.1. The van der Waals surface area contributed by atoms with E-state index >= 15 is 0 Å². The maximum Gasteiger partial charge on any atom is 0.248 e. The molecule has 0 aliphatic carbocycles. The smallest absolute Gasteiger partial charge is 0.248 e. The van der Waals surface area contributed by atoms with Crippen LogP contribution < -0.4 is 16.0 Å². The second-order valence-electron chi connectivity index (χ2n) is 7.43. The van der Waals surface area contributed by atoms with Gasteiger partial charge in [-0.3, -0.25) is 14.6 Å². The minimum atomic E-state index is -0.232. The number of hydrogen-bond donors (Lipinski definition) is 2. The van der Waals surface area contributed by atoms with Crippen LogP contribution in [0.15, 0.2) is 66.9 Å². The zero-order chi connectivity index (χ0) is 20.9. The van der Waals surface area contributed by atoms with E-state index < -0.39 is 0 Å². The highest BCUT2D eigenvalue weighted by atomic mass is 16.1. The van der Waals surface area contributed by atoms with Crippen LogP contribution in [0.4, 0.5) is 11.4 Å². The quantitative estimate of drug-likeness (QED) is 0.641. The Kier molecular flexibility index (Phi) is 5.75. The number of aromatic nitrogens is 1. The van der Waals surface area contributed by atoms with Gasteiger partial charge >= 0.3 is 0 Å². The Balaban J connectivity index is 1.48. The summed E-state index contributed by atoms with van der Waals surface area (Å²) in [6.07, 6.45) is 6.51. The van der Waals surface area contributed by atoms with Gasteiger partial charge in [0.25, 0.3) is 0 Å². The number of nitrogens with one attached hydrogen (secondary N) is 1. The Hall–Kier alpha value is -3.67. The highest BCUT2D eigenvalue weighted by Gasteiger charge is 2.24. The van der Waals surface area contributed by atoms with Crippen LogP contribution in [0.5, 0.6) is 0 Å². The minimum absolute atomic E-state index is 0.0692. The van der Waals surface area contributed by atoms with Crippen LogP contribution in [0.2, 0.25) is 0 Å². The van der Waals surface area contributed by atoms with Gasteiger partial charge in [-0.05, 0) is 37.1 Å². The standard InChI is InChI=1S/C24H24N4O2/c25-24(30)19-12-15-28(16-13-19)21-9-2-1-8-20(21)27-22(29)11-10-18-6-3-5-17-7-4-14-26-23(17)18/h1-11,14,19H,12-13,15-16H2,(H2,25,30)(H,27,29)/b11-10+. The van der Waals surface area contributed by atoms with Crippen LogP contribution in [0.1, 0.15) is 18.4 Å². The van der Waals surface area contributed by atoms with Gasteiger partial charge in [-0.25, -0.2) is 0 Å². The number of para-hydroxylation sites is 3. The van der Waals surface area contributed by atoms with Gasteiger partial charge in [0.1, 0.15) is 0 Å². The molecule has 3 aromatic rings. The van der Waals surface area contributed by atoms with Crippen LogP contribution in [-0.2, 0) is 9.59 Å². The monoisotopic (exact) mass is 400 g/mol. The van der Waals surface area contributed by atoms with E-state index in [9.17, 15) is 9.59 Å². The Labute approximate surface area is 175 Å². The highest BCUT2D eigenvalue weighted by Crippen LogP contribution is 2.30. The summed E-state index contributed by atoms with van der Waals surface area (Å²) in [4.78, 5) is 30.6. The van der Waals surface area contributed by atoms with Gasteiger partial charge in [0.2, 0.25) is 11.8 Å². The van der Waals surface area contributed by atoms with Crippen molar-refractivity contribution < 1.29 is 9.59 Å². The summed E-state index contributed by atoms with van der Waals surface area (Å²) in [7, 11) is 0. The number of hydrogen-bond acceptors (Lipinski definition) is 4. The fourth-order valence-electron chi connectivity index (χ4n) is 3.86. The van der Waals surface area contributed by atoms with Crippen molar-refractivity contribution in [2.45, 2.75) is 12.8 Å². The molecule has 152 valence electrons. The molecule has 2 heterocycles. The number of nitrogens with zero attached hydrogens (tertiary/aromatic N) is 2. The SMILES string of the molecule is NC(=O)C1CCN(c2ccccc2NC(=O)/C=C/c2cccc3cccnc23)CC1. The third-order valence-corrected chi connectivity index (χ3v) is 5.48. The second kappa shape index (κ2) is 8.78. The van der Waals surface area contributed by atoms with Gasteiger partial charge in [-0.15, -0.1) is 0 Å². The molecule has 0 saturated carbocycles. The van der Waals surface area contributed by atoms with Gasteiger partial charge in [-0.2, -0.15) is 0 Å². The van der Waals surface area contributed by atoms with E-state index in [4.69, 9.17) is 5.73 Å². The lowest BCUT2D eigenvalue weighted by Crippen LogP contribution is -2.38. The van der Waals surface area contributed by atoms with Gasteiger partial charge < -0.3 is 16.0 Å². The summed E-state index contributed by atoms with van der Waals surface area (Å²) >= 11 is 0. The maximum absolute atomic E-state index is 12.6. The lowest BCUT2D eigenvalue weighted by molar-refractivity contribution is -0.122. The topological polar surface area (TPSA) is 88.3 Å². The van der Waals surface area contributed by atoms with E-state index in [1.165, 1.54) is 6.08 Å². The average Bonchev–Trinajstić information content (AvgIpc) is 2.78. The summed E-state index contributed by atoms with van der Waals surface area (Å²) in [5.74, 6) is -0.507. The summed E-state index contributed by atoms with van der Waals surface area (Å²) in [6.45, 7) is 1.47. The molecule has 3 N–H and O–H groups in total. The third-order valence-electron chi connectivity index (χ3n) is 5.48. The number of fused-ring (bicyclic) bond motifs is 1. The first-order valence-corrected chi connectivity index (χ1v) is 10.1. The van der Waals surface area contributed by atoms with Crippen molar-refractivity contribution in [2.75, 3.05) is 23.3 Å². The number of amides is 2. The predicted molar refractivity (Wildman–Crippen MR) is 120 cm³/mol. The number of rotatable bonds is 5. The molecule has 1 aliphatic heterocycles. The number of carbonyl (C=O) groups excluding carboxylic acids is 2. The van der Waals surface area contributed by atoms with Gasteiger partial charge in [0.05, 0.1) is 16.9 Å². The van der Waals surface area contributed by atoms with Crippen molar-refractivity contribution in [3.05, 3.63) is 72.4 Å². The number of benzene rings is 2. The number of primary amides is 1. The minimum Gasteiger partial charge on any atom is -0.370 e. The van der Waals surface area contributed by atoms with Crippen LogP contribution >= 0.6 is 0 Å². The Morgan fingerprint density at radius 2 is 1.80 bits per heavy atom. The number of carbonyl (C=O) groups is 2. The van der Waals surface area contributed by atoms with Crippen molar-refractivity contribution in [1.29, 1.82) is 0 Å². The summed E-state index contributed by atoms with van der Waals surface area (Å²) in [5.41, 5.74) is 8.90. The predicted octanol–water partition coefficient (Wildman–Crippen LogP) is 3.59. The molecule has 1 aromatic heterocycles. The van der Waals surface area contributed by atoms with Gasteiger partial charge in [0.15, 0.2) is 0 Å². The van der Waals surface area contributed by atoms with Crippen LogP contribution in [0, 0.1) is 5.92 Å². The molecule has 30 heavy (non-hydrogen) atoms. The Bertz CT molecular complexity index is 1100. The van der Waals surface area contributed by atoms with E-state index in [1.54, 1.807) is 12.3 Å². The molecule has 0 spiro atoms. The fourth-order valence-corrected chi connectivity index (χ4v) is 3.86. The zero-order valence-corrected chi connectivity index (χ0v) is 16.6. The van der Waals surface area contributed by atoms with Gasteiger partial charge in [-0.1, -0.05) is 36.4 Å². The highest BCUT2D eigenvalue weighted by molar-refractivity contribution is 6.04. The molecule has 6 heteroatoms. The first-order chi connectivity index (χ1) is 14.6. The Morgan fingerprint density at radius 1 is 1.03 bits per heavy atom. The van der Waals surface area contributed by atoms with Crippen molar-refractivity contribution in [1.82, 2.24) is 4.98 Å². The Morgan fingerprint density at radius 3 is 2.60 bits per heavy atom. The van der Waals surface area contributed by atoms with Crippen LogP contribution in [0.3, 0.4) is 0 Å². The van der Waals surface area contributed by atoms with E-state index in [-0.39, 0.29) is 17.7 Å². The van der Waals surface area contributed by atoms with E-state index in [1.807, 2.05) is 54.6 Å². The third kappa shape index (κ3) is 4.33. The lowest BCUT2D eigenvalue weighted by atomic mass is 9.96. The molecule has 0 atom stereocenters. The van der Waals surface area contributed by atoms with Crippen LogP contribution in [-0.4, -0.2) is 29.9 Å². The maximum atomic E-state index is 12.6. The second-order valence-corrected chi connectivity index (χ2v) is 7.43. The largest absolute Gasteiger partial charge is 0.370 e. The van der Waals surface area contributed by atoms with Crippen molar-refractivity contribution in [3.63, 3.8) is 0 Å². The molecule has 6 nitrogen and oxygen atoms in total. The molecular weight excluding hydrogens is 376 g/mol. The molecule has 4 rings (SSSR count). The van der Waals surface area contributed by atoms with Crippen molar-refractivity contribution >= 4 is 40.2 Å². The normalized spacial score (nSPS) is 14.9. The molecule has 0 radical (unpaired) electrons. The molecule has 1 aliphatic rings. The number of anilines is 2. The van der Waals surface area contributed by atoms with Gasteiger partial charge in [0, 0.05) is 42.2 Å². The van der Waals surface area contributed by atoms with E-state index in [2.05, 4.69) is 15.2 Å². The number of piperidine rings is 1. The van der Waals surface area contributed by atoms with Crippen molar-refractivity contribution in [2.24, 2.45) is 11.7 Å². The van der Waals surface area contributed by atoms with Crippen molar-refractivity contribution in [3.8, 4) is 0 Å². The van der Waals surface area contributed by atoms with Crippen LogP contribution in [0.25, 0.3) is 17.0 Å². The molecule has 0 bridgehead atoms. The average molecular weight is 400 g/mol. The van der Waals surface area contributed by atoms with E-state index in [0.29, 0.717) is 0 Å². The molecule has 0 unspecified atom stereocenters.